The van der Waals surface area contributed by atoms with Gasteiger partial charge in [0, 0.05) is 10.9 Å². The molecule has 2 rings (SSSR count). The second-order valence-corrected chi connectivity index (χ2v) is 7.69. The van der Waals surface area contributed by atoms with Gasteiger partial charge in [0.25, 0.3) is 0 Å². The van der Waals surface area contributed by atoms with Gasteiger partial charge in [-0.3, -0.25) is 4.79 Å². The van der Waals surface area contributed by atoms with Gasteiger partial charge in [0.05, 0.1) is 5.25 Å². The van der Waals surface area contributed by atoms with Gasteiger partial charge in [-0.25, -0.2) is 0 Å². The van der Waals surface area contributed by atoms with Crippen molar-refractivity contribution in [2.45, 2.75) is 76.5 Å². The van der Waals surface area contributed by atoms with Crippen molar-refractivity contribution in [1.29, 1.82) is 0 Å². The van der Waals surface area contributed by atoms with E-state index in [1.165, 1.54) is 40.0 Å². The van der Waals surface area contributed by atoms with E-state index in [2.05, 4.69) is 39.1 Å². The van der Waals surface area contributed by atoms with E-state index < -0.39 is 0 Å². The number of carbonyl (C=O) groups excluding carboxylic acids is 1. The zero-order valence-electron chi connectivity index (χ0n) is 13.9. The number of nitrogens with one attached hydrogen (secondary N) is 1. The minimum Gasteiger partial charge on any atom is -0.352 e. The first kappa shape index (κ1) is 16.4. The van der Waals surface area contributed by atoms with Gasteiger partial charge in [0.15, 0.2) is 0 Å². The van der Waals surface area contributed by atoms with Crippen LogP contribution in [0.25, 0.3) is 0 Å². The average Bonchev–Trinajstić information content (AvgIpc) is 2.94. The van der Waals surface area contributed by atoms with Gasteiger partial charge in [0.1, 0.15) is 0 Å². The highest BCUT2D eigenvalue weighted by Gasteiger charge is 2.22. The minimum absolute atomic E-state index is 0.0378. The zero-order chi connectivity index (χ0) is 15.6. The number of thioether (sulfide) groups is 1. The number of amides is 1. The van der Waals surface area contributed by atoms with E-state index in [1.807, 2.05) is 6.92 Å². The lowest BCUT2D eigenvalue weighted by Gasteiger charge is -2.20. The Labute approximate surface area is 133 Å². The van der Waals surface area contributed by atoms with Crippen molar-refractivity contribution >= 4 is 17.7 Å². The molecule has 1 amide bonds. The molecular formula is C18H27NOS. The molecule has 116 valence electrons. The molecule has 0 bridgehead atoms. The van der Waals surface area contributed by atoms with Crippen LogP contribution in [0.4, 0.5) is 0 Å². The van der Waals surface area contributed by atoms with E-state index >= 15 is 0 Å². The van der Waals surface area contributed by atoms with Gasteiger partial charge < -0.3 is 5.32 Å². The first-order chi connectivity index (χ1) is 9.90. The Bertz CT molecular complexity index is 506. The number of aryl methyl sites for hydroxylation is 2. The second-order valence-electron chi connectivity index (χ2n) is 6.34. The minimum atomic E-state index is -0.0378. The lowest BCUT2D eigenvalue weighted by Crippen LogP contribution is -2.37. The van der Waals surface area contributed by atoms with E-state index in [0.29, 0.717) is 6.04 Å². The van der Waals surface area contributed by atoms with Crippen LogP contribution in [0, 0.1) is 27.7 Å². The number of rotatable bonds is 4. The number of benzene rings is 1. The molecule has 0 spiro atoms. The maximum absolute atomic E-state index is 12.4. The highest BCUT2D eigenvalue weighted by atomic mass is 32.2. The Morgan fingerprint density at radius 2 is 1.67 bits per heavy atom. The maximum Gasteiger partial charge on any atom is 0.233 e. The summed E-state index contributed by atoms with van der Waals surface area (Å²) < 4.78 is 0. The smallest absolute Gasteiger partial charge is 0.233 e. The molecule has 1 atom stereocenters. The van der Waals surface area contributed by atoms with Crippen molar-refractivity contribution in [3.8, 4) is 0 Å². The van der Waals surface area contributed by atoms with Crippen molar-refractivity contribution in [3.63, 3.8) is 0 Å². The Morgan fingerprint density at radius 1 is 1.14 bits per heavy atom. The van der Waals surface area contributed by atoms with Crippen LogP contribution in [0.3, 0.4) is 0 Å². The van der Waals surface area contributed by atoms with Gasteiger partial charge in [0.2, 0.25) is 5.91 Å². The lowest BCUT2D eigenvalue weighted by molar-refractivity contribution is -0.120. The molecular weight excluding hydrogens is 278 g/mol. The Hall–Kier alpha value is -0.960. The third-order valence-corrected chi connectivity index (χ3v) is 6.08. The van der Waals surface area contributed by atoms with Gasteiger partial charge in [-0.1, -0.05) is 18.9 Å². The summed E-state index contributed by atoms with van der Waals surface area (Å²) >= 11 is 1.70. The molecule has 0 aliphatic heterocycles. The Balaban J connectivity index is 2.08. The molecule has 2 nitrogen and oxygen atoms in total. The van der Waals surface area contributed by atoms with Crippen molar-refractivity contribution in [2.24, 2.45) is 0 Å². The Morgan fingerprint density at radius 3 is 2.19 bits per heavy atom. The highest BCUT2D eigenvalue weighted by Crippen LogP contribution is 2.33. The summed E-state index contributed by atoms with van der Waals surface area (Å²) in [4.78, 5) is 13.6. The summed E-state index contributed by atoms with van der Waals surface area (Å²) in [6, 6.07) is 2.64. The van der Waals surface area contributed by atoms with Crippen molar-refractivity contribution < 1.29 is 4.79 Å². The maximum atomic E-state index is 12.4. The summed E-state index contributed by atoms with van der Waals surface area (Å²) in [6.45, 7) is 10.6. The molecule has 1 aliphatic carbocycles. The quantitative estimate of drug-likeness (QED) is 0.832. The first-order valence-electron chi connectivity index (χ1n) is 7.94. The number of hydrogen-bond donors (Lipinski definition) is 1. The van der Waals surface area contributed by atoms with Crippen LogP contribution < -0.4 is 5.32 Å². The van der Waals surface area contributed by atoms with Crippen LogP contribution in [-0.4, -0.2) is 17.2 Å². The van der Waals surface area contributed by atoms with Crippen molar-refractivity contribution in [2.75, 3.05) is 0 Å². The molecule has 3 heteroatoms. The normalized spacial score (nSPS) is 17.0. The van der Waals surface area contributed by atoms with Gasteiger partial charge in [-0.05, 0) is 69.7 Å². The van der Waals surface area contributed by atoms with Crippen LogP contribution in [0.15, 0.2) is 11.0 Å². The van der Waals surface area contributed by atoms with E-state index in [0.717, 1.165) is 12.8 Å². The molecule has 0 heterocycles. The molecule has 1 saturated carbocycles. The van der Waals surface area contributed by atoms with Crippen LogP contribution >= 0.6 is 11.8 Å². The topological polar surface area (TPSA) is 29.1 Å². The van der Waals surface area contributed by atoms with Crippen LogP contribution in [0.2, 0.25) is 0 Å². The van der Waals surface area contributed by atoms with Crippen molar-refractivity contribution in [3.05, 3.63) is 28.3 Å². The molecule has 1 N–H and O–H groups in total. The predicted octanol–water partition coefficient (Wildman–Crippen LogP) is 4.46. The monoisotopic (exact) mass is 305 g/mol. The third kappa shape index (κ3) is 3.82. The first-order valence-corrected chi connectivity index (χ1v) is 8.82. The summed E-state index contributed by atoms with van der Waals surface area (Å²) in [5.74, 6) is 0.185. The van der Waals surface area contributed by atoms with Crippen LogP contribution in [-0.2, 0) is 4.79 Å². The molecule has 0 aromatic heterocycles. The third-order valence-electron chi connectivity index (χ3n) is 4.66. The predicted molar refractivity (Wildman–Crippen MR) is 91.1 cm³/mol. The summed E-state index contributed by atoms with van der Waals surface area (Å²) in [6.07, 6.45) is 4.79. The lowest BCUT2D eigenvalue weighted by atomic mass is 10.0. The summed E-state index contributed by atoms with van der Waals surface area (Å²) in [5, 5.41) is 3.17. The van der Waals surface area contributed by atoms with E-state index in [4.69, 9.17) is 0 Å². The van der Waals surface area contributed by atoms with Crippen LogP contribution in [0.1, 0.15) is 54.9 Å². The largest absolute Gasteiger partial charge is 0.352 e. The van der Waals surface area contributed by atoms with Gasteiger partial charge in [-0.15, -0.1) is 11.8 Å². The molecule has 1 fully saturated rings. The zero-order valence-corrected chi connectivity index (χ0v) is 14.7. The SMILES string of the molecule is Cc1cc(C)c(C)c(S[C@H](C)C(=O)NC2CCCC2)c1C. The van der Waals surface area contributed by atoms with Gasteiger partial charge >= 0.3 is 0 Å². The second kappa shape index (κ2) is 6.87. The fourth-order valence-electron chi connectivity index (χ4n) is 2.98. The molecule has 0 radical (unpaired) electrons. The summed E-state index contributed by atoms with van der Waals surface area (Å²) in [5.41, 5.74) is 5.24. The standard InChI is InChI=1S/C18H27NOS/c1-11-10-12(2)14(4)17(13(11)3)21-15(5)18(20)19-16-8-6-7-9-16/h10,15-16H,6-9H2,1-5H3,(H,19,20)/t15-/m1/s1. The summed E-state index contributed by atoms with van der Waals surface area (Å²) in [7, 11) is 0. The van der Waals surface area contributed by atoms with Crippen LogP contribution in [0.5, 0.6) is 0 Å². The van der Waals surface area contributed by atoms with Crippen molar-refractivity contribution in [1.82, 2.24) is 5.32 Å². The number of carbonyl (C=O) groups is 1. The molecule has 1 aromatic rings. The highest BCUT2D eigenvalue weighted by molar-refractivity contribution is 8.00. The molecule has 1 aliphatic rings. The molecule has 21 heavy (non-hydrogen) atoms. The average molecular weight is 305 g/mol. The molecule has 0 saturated heterocycles. The van der Waals surface area contributed by atoms with Gasteiger partial charge in [-0.2, -0.15) is 0 Å². The van der Waals surface area contributed by atoms with E-state index in [9.17, 15) is 4.79 Å². The van der Waals surface area contributed by atoms with E-state index in [1.54, 1.807) is 11.8 Å². The number of hydrogen-bond acceptors (Lipinski definition) is 2. The molecule has 0 unspecified atom stereocenters. The molecule has 1 aromatic carbocycles. The fraction of sp³-hybridized carbons (Fsp3) is 0.611. The van der Waals surface area contributed by atoms with E-state index in [-0.39, 0.29) is 11.2 Å². The fourth-order valence-corrected chi connectivity index (χ4v) is 4.18. The Kier molecular flexibility index (Phi) is 5.37.